The quantitative estimate of drug-likeness (QED) is 0.880. The number of phenols is 1. The Morgan fingerprint density at radius 1 is 1.30 bits per heavy atom. The van der Waals surface area contributed by atoms with Gasteiger partial charge in [0.25, 0.3) is 5.91 Å². The lowest BCUT2D eigenvalue weighted by atomic mass is 9.96. The normalized spacial score (nSPS) is 21.3. The molecule has 6 nitrogen and oxygen atoms in total. The number of carbonyl (C=O) groups is 2. The number of likely N-dealkylation sites (tertiary alicyclic amines) is 1. The molecule has 1 aliphatic heterocycles. The van der Waals surface area contributed by atoms with Crippen LogP contribution in [0.1, 0.15) is 10.4 Å². The fourth-order valence-corrected chi connectivity index (χ4v) is 2.54. The van der Waals surface area contributed by atoms with Crippen LogP contribution in [-0.4, -0.2) is 53.4 Å². The van der Waals surface area contributed by atoms with Gasteiger partial charge < -0.3 is 19.8 Å². The minimum absolute atomic E-state index is 0.240. The lowest BCUT2D eigenvalue weighted by Gasteiger charge is -2.19. The van der Waals surface area contributed by atoms with Crippen molar-refractivity contribution in [2.45, 2.75) is 6.18 Å². The molecule has 126 valence electrons. The van der Waals surface area contributed by atoms with Crippen LogP contribution in [0.4, 0.5) is 13.2 Å². The van der Waals surface area contributed by atoms with Crippen LogP contribution in [0.5, 0.6) is 11.5 Å². The number of rotatable bonds is 3. The number of phenolic OH excluding ortho intramolecular Hbond substituents is 1. The molecule has 0 spiro atoms. The van der Waals surface area contributed by atoms with Gasteiger partial charge in [0.2, 0.25) is 0 Å². The van der Waals surface area contributed by atoms with Gasteiger partial charge in [-0.15, -0.1) is 0 Å². The molecule has 0 saturated carbocycles. The Morgan fingerprint density at radius 3 is 2.43 bits per heavy atom. The van der Waals surface area contributed by atoms with Crippen LogP contribution < -0.4 is 4.74 Å². The maximum Gasteiger partial charge on any atom is 0.394 e. The van der Waals surface area contributed by atoms with Crippen LogP contribution in [0.2, 0.25) is 0 Å². The highest BCUT2D eigenvalue weighted by Gasteiger charge is 2.53. The Hall–Kier alpha value is -2.45. The van der Waals surface area contributed by atoms with Gasteiger partial charge in [0.15, 0.2) is 0 Å². The molecule has 2 rings (SSSR count). The fraction of sp³-hybridized carbons (Fsp3) is 0.429. The van der Waals surface area contributed by atoms with Gasteiger partial charge in [0.05, 0.1) is 24.5 Å². The first kappa shape index (κ1) is 16.9. The summed E-state index contributed by atoms with van der Waals surface area (Å²) in [5.74, 6) is -6.54. The molecule has 0 aromatic heterocycles. The molecule has 0 bridgehead atoms. The SMILES string of the molecule is COc1ccc(O)c(C(=O)N2C[C@@H](C(F)(F)F)[C@H](C(=O)O)C2)c1. The second kappa shape index (κ2) is 5.98. The van der Waals surface area contributed by atoms with E-state index in [1.807, 2.05) is 0 Å². The molecule has 2 atom stereocenters. The summed E-state index contributed by atoms with van der Waals surface area (Å²) in [6, 6.07) is 3.75. The van der Waals surface area contributed by atoms with Gasteiger partial charge >= 0.3 is 12.1 Å². The van der Waals surface area contributed by atoms with Crippen molar-refractivity contribution < 1.29 is 37.7 Å². The molecule has 1 saturated heterocycles. The van der Waals surface area contributed by atoms with Gasteiger partial charge in [-0.3, -0.25) is 9.59 Å². The highest BCUT2D eigenvalue weighted by molar-refractivity contribution is 5.97. The summed E-state index contributed by atoms with van der Waals surface area (Å²) >= 11 is 0. The van der Waals surface area contributed by atoms with Gasteiger partial charge in [0.1, 0.15) is 11.5 Å². The van der Waals surface area contributed by atoms with Gasteiger partial charge in [-0.1, -0.05) is 0 Å². The average Bonchev–Trinajstić information content (AvgIpc) is 2.92. The first-order chi connectivity index (χ1) is 10.6. The van der Waals surface area contributed by atoms with Crippen molar-refractivity contribution in [3.8, 4) is 11.5 Å². The largest absolute Gasteiger partial charge is 0.507 e. The number of alkyl halides is 3. The van der Waals surface area contributed by atoms with Crippen LogP contribution in [0, 0.1) is 11.8 Å². The third kappa shape index (κ3) is 3.33. The van der Waals surface area contributed by atoms with Gasteiger partial charge in [-0.25, -0.2) is 0 Å². The summed E-state index contributed by atoms with van der Waals surface area (Å²) in [6.07, 6.45) is -4.73. The topological polar surface area (TPSA) is 87.1 Å². The minimum Gasteiger partial charge on any atom is -0.507 e. The predicted molar refractivity (Wildman–Crippen MR) is 71.2 cm³/mol. The first-order valence-corrected chi connectivity index (χ1v) is 6.61. The number of benzene rings is 1. The van der Waals surface area contributed by atoms with E-state index in [1.54, 1.807) is 0 Å². The minimum atomic E-state index is -4.73. The molecular formula is C14H14F3NO5. The number of carboxylic acid groups (broad SMARTS) is 1. The third-order valence-corrected chi connectivity index (χ3v) is 3.78. The van der Waals surface area contributed by atoms with E-state index >= 15 is 0 Å². The number of aromatic hydroxyl groups is 1. The molecule has 1 fully saturated rings. The van der Waals surface area contributed by atoms with Crippen LogP contribution in [0.25, 0.3) is 0 Å². The van der Waals surface area contributed by atoms with Crippen molar-refractivity contribution in [1.29, 1.82) is 0 Å². The second-order valence-corrected chi connectivity index (χ2v) is 5.19. The Balaban J connectivity index is 2.29. The molecule has 1 amide bonds. The standard InChI is InChI=1S/C14H14F3NO5/c1-23-7-2-3-11(19)8(4-7)12(20)18-5-9(13(21)22)10(6-18)14(15,16)17/h2-4,9-10,19H,5-6H2,1H3,(H,21,22)/t9-,10-/m1/s1. The summed E-state index contributed by atoms with van der Waals surface area (Å²) in [5, 5.41) is 18.7. The maximum atomic E-state index is 12.9. The molecule has 1 aliphatic rings. The zero-order valence-corrected chi connectivity index (χ0v) is 12.0. The molecule has 2 N–H and O–H groups in total. The van der Waals surface area contributed by atoms with E-state index < -0.39 is 48.7 Å². The fourth-order valence-electron chi connectivity index (χ4n) is 2.54. The van der Waals surface area contributed by atoms with Crippen molar-refractivity contribution in [1.82, 2.24) is 4.90 Å². The smallest absolute Gasteiger partial charge is 0.394 e. The average molecular weight is 333 g/mol. The zero-order valence-electron chi connectivity index (χ0n) is 12.0. The monoisotopic (exact) mass is 333 g/mol. The van der Waals surface area contributed by atoms with Crippen LogP contribution >= 0.6 is 0 Å². The van der Waals surface area contributed by atoms with Crippen molar-refractivity contribution in [2.24, 2.45) is 11.8 Å². The van der Waals surface area contributed by atoms with E-state index in [0.29, 0.717) is 0 Å². The van der Waals surface area contributed by atoms with Gasteiger partial charge in [-0.2, -0.15) is 13.2 Å². The summed E-state index contributed by atoms with van der Waals surface area (Å²) in [5.41, 5.74) is -0.240. The highest BCUT2D eigenvalue weighted by atomic mass is 19.4. The molecule has 1 heterocycles. The van der Waals surface area contributed by atoms with E-state index in [2.05, 4.69) is 0 Å². The number of aliphatic carboxylic acids is 1. The first-order valence-electron chi connectivity index (χ1n) is 6.61. The number of hydrogen-bond acceptors (Lipinski definition) is 4. The number of hydrogen-bond donors (Lipinski definition) is 2. The summed E-state index contributed by atoms with van der Waals surface area (Å²) < 4.78 is 43.7. The number of amides is 1. The predicted octanol–water partition coefficient (Wildman–Crippen LogP) is 1.74. The van der Waals surface area contributed by atoms with Crippen LogP contribution in [-0.2, 0) is 4.79 Å². The van der Waals surface area contributed by atoms with Crippen molar-refractivity contribution in [2.75, 3.05) is 20.2 Å². The lowest BCUT2D eigenvalue weighted by Crippen LogP contribution is -2.34. The van der Waals surface area contributed by atoms with Gasteiger partial charge in [0, 0.05) is 13.1 Å². The van der Waals surface area contributed by atoms with Gasteiger partial charge in [-0.05, 0) is 18.2 Å². The molecule has 9 heteroatoms. The number of carbonyl (C=O) groups excluding carboxylic acids is 1. The van der Waals surface area contributed by atoms with Crippen molar-refractivity contribution in [3.05, 3.63) is 23.8 Å². The Morgan fingerprint density at radius 2 is 1.96 bits per heavy atom. The molecule has 0 unspecified atom stereocenters. The summed E-state index contributed by atoms with van der Waals surface area (Å²) in [6.45, 7) is -1.34. The van der Waals surface area contributed by atoms with Crippen molar-refractivity contribution in [3.63, 3.8) is 0 Å². The molecular weight excluding hydrogens is 319 g/mol. The number of carboxylic acids is 1. The number of ether oxygens (including phenoxy) is 1. The lowest BCUT2D eigenvalue weighted by molar-refractivity contribution is -0.187. The Bertz CT molecular complexity index is 631. The summed E-state index contributed by atoms with van der Waals surface area (Å²) in [7, 11) is 1.33. The van der Waals surface area contributed by atoms with E-state index in [9.17, 15) is 27.9 Å². The van der Waals surface area contributed by atoms with E-state index in [1.165, 1.54) is 25.3 Å². The molecule has 0 radical (unpaired) electrons. The van der Waals surface area contributed by atoms with E-state index in [4.69, 9.17) is 9.84 Å². The molecule has 1 aromatic rings. The van der Waals surface area contributed by atoms with Crippen LogP contribution in [0.15, 0.2) is 18.2 Å². The molecule has 1 aromatic carbocycles. The third-order valence-electron chi connectivity index (χ3n) is 3.78. The zero-order chi connectivity index (χ0) is 17.4. The second-order valence-electron chi connectivity index (χ2n) is 5.19. The Kier molecular flexibility index (Phi) is 4.39. The number of methoxy groups -OCH3 is 1. The number of halogens is 3. The van der Waals surface area contributed by atoms with E-state index in [0.717, 1.165) is 4.90 Å². The number of nitrogens with zero attached hydrogens (tertiary/aromatic N) is 1. The summed E-state index contributed by atoms with van der Waals surface area (Å²) in [4.78, 5) is 24.1. The Labute approximate surface area is 129 Å². The van der Waals surface area contributed by atoms with Crippen LogP contribution in [0.3, 0.4) is 0 Å². The van der Waals surface area contributed by atoms with E-state index in [-0.39, 0.29) is 11.3 Å². The van der Waals surface area contributed by atoms with Crippen molar-refractivity contribution >= 4 is 11.9 Å². The highest BCUT2D eigenvalue weighted by Crippen LogP contribution is 2.38. The molecule has 0 aliphatic carbocycles. The molecule has 23 heavy (non-hydrogen) atoms. The maximum absolute atomic E-state index is 12.9.